The molecule has 2 aromatic carbocycles. The van der Waals surface area contributed by atoms with Crippen LogP contribution in [-0.2, 0) is 11.2 Å². The molecule has 3 heteroatoms. The quantitative estimate of drug-likeness (QED) is 0.779. The largest absolute Gasteiger partial charge is 0.481 e. The van der Waals surface area contributed by atoms with Gasteiger partial charge in [-0.3, -0.25) is 4.79 Å². The lowest BCUT2D eigenvalue weighted by molar-refractivity contribution is -0.137. The lowest BCUT2D eigenvalue weighted by Crippen LogP contribution is -2.32. The highest BCUT2D eigenvalue weighted by Crippen LogP contribution is 2.20. The normalized spacial score (nSPS) is 13.5. The fourth-order valence-electron chi connectivity index (χ4n) is 2.65. The van der Waals surface area contributed by atoms with E-state index in [1.54, 1.807) is 0 Å². The molecule has 0 bridgehead atoms. The monoisotopic (exact) mass is 297 g/mol. The Hall–Kier alpha value is -2.13. The first kappa shape index (κ1) is 16.2. The number of hydrogen-bond acceptors (Lipinski definition) is 2. The predicted octanol–water partition coefficient (Wildman–Crippen LogP) is 3.81. The van der Waals surface area contributed by atoms with Crippen molar-refractivity contribution in [3.05, 3.63) is 71.8 Å². The highest BCUT2D eigenvalue weighted by atomic mass is 16.4. The average molecular weight is 297 g/mol. The minimum Gasteiger partial charge on any atom is -0.481 e. The number of carboxylic acids is 1. The van der Waals surface area contributed by atoms with Gasteiger partial charge in [0.15, 0.2) is 0 Å². The van der Waals surface area contributed by atoms with Gasteiger partial charge in [0.1, 0.15) is 0 Å². The van der Waals surface area contributed by atoms with Crippen LogP contribution in [0, 0.1) is 0 Å². The molecule has 0 fully saturated rings. The first-order valence-corrected chi connectivity index (χ1v) is 7.72. The van der Waals surface area contributed by atoms with Gasteiger partial charge in [0.2, 0.25) is 0 Å². The molecule has 3 nitrogen and oxygen atoms in total. The van der Waals surface area contributed by atoms with Crippen LogP contribution in [0.3, 0.4) is 0 Å². The lowest BCUT2D eigenvalue weighted by Gasteiger charge is -2.23. The average Bonchev–Trinajstić information content (AvgIpc) is 2.52. The summed E-state index contributed by atoms with van der Waals surface area (Å²) < 4.78 is 0. The van der Waals surface area contributed by atoms with E-state index in [4.69, 9.17) is 5.11 Å². The summed E-state index contributed by atoms with van der Waals surface area (Å²) in [5.41, 5.74) is 2.51. The van der Waals surface area contributed by atoms with Crippen LogP contribution < -0.4 is 5.32 Å². The van der Waals surface area contributed by atoms with E-state index in [1.165, 1.54) is 11.1 Å². The molecule has 0 aromatic heterocycles. The van der Waals surface area contributed by atoms with Gasteiger partial charge in [-0.05, 0) is 30.9 Å². The van der Waals surface area contributed by atoms with Crippen LogP contribution in [0.25, 0.3) is 0 Å². The zero-order valence-corrected chi connectivity index (χ0v) is 12.9. The molecule has 0 amide bonds. The number of benzene rings is 2. The molecule has 2 N–H and O–H groups in total. The molecule has 2 aromatic rings. The zero-order valence-electron chi connectivity index (χ0n) is 12.9. The summed E-state index contributed by atoms with van der Waals surface area (Å²) in [5, 5.41) is 12.4. The summed E-state index contributed by atoms with van der Waals surface area (Å²) in [7, 11) is 0. The van der Waals surface area contributed by atoms with Gasteiger partial charge in [0.05, 0.1) is 6.42 Å². The Balaban J connectivity index is 2.03. The molecule has 116 valence electrons. The summed E-state index contributed by atoms with van der Waals surface area (Å²) in [5.74, 6) is -0.769. The third kappa shape index (κ3) is 5.34. The maximum absolute atomic E-state index is 10.9. The van der Waals surface area contributed by atoms with Crippen LogP contribution in [0.5, 0.6) is 0 Å². The van der Waals surface area contributed by atoms with E-state index in [-0.39, 0.29) is 18.5 Å². The van der Waals surface area contributed by atoms with Crippen molar-refractivity contribution in [2.75, 3.05) is 0 Å². The molecule has 22 heavy (non-hydrogen) atoms. The van der Waals surface area contributed by atoms with E-state index >= 15 is 0 Å². The number of rotatable bonds is 8. The standard InChI is InChI=1S/C19H23NO2/c1-15(14-19(21)22)20-18(17-10-6-3-7-11-17)13-12-16-8-4-2-5-9-16/h2-11,15,18,20H,12-14H2,1H3,(H,21,22)/t15-,18-/m0/s1. The first-order chi connectivity index (χ1) is 10.6. The molecular formula is C19H23NO2. The molecule has 0 radical (unpaired) electrons. The summed E-state index contributed by atoms with van der Waals surface area (Å²) in [4.78, 5) is 10.9. The smallest absolute Gasteiger partial charge is 0.304 e. The van der Waals surface area contributed by atoms with Crippen molar-refractivity contribution in [3.8, 4) is 0 Å². The van der Waals surface area contributed by atoms with E-state index in [1.807, 2.05) is 43.3 Å². The Kier molecular flexibility index (Phi) is 6.16. The Morgan fingerprint density at radius 2 is 1.64 bits per heavy atom. The SMILES string of the molecule is C[C@@H](CC(=O)O)N[C@@H](CCc1ccccc1)c1ccccc1. The summed E-state index contributed by atoms with van der Waals surface area (Å²) in [6.45, 7) is 1.92. The van der Waals surface area contributed by atoms with E-state index in [0.29, 0.717) is 0 Å². The Morgan fingerprint density at radius 1 is 1.05 bits per heavy atom. The van der Waals surface area contributed by atoms with E-state index in [2.05, 4.69) is 29.6 Å². The van der Waals surface area contributed by atoms with Gasteiger partial charge >= 0.3 is 5.97 Å². The molecular weight excluding hydrogens is 274 g/mol. The van der Waals surface area contributed by atoms with Crippen LogP contribution in [-0.4, -0.2) is 17.1 Å². The molecule has 0 aliphatic rings. The van der Waals surface area contributed by atoms with Crippen molar-refractivity contribution >= 4 is 5.97 Å². The van der Waals surface area contributed by atoms with E-state index in [0.717, 1.165) is 12.8 Å². The minimum atomic E-state index is -0.769. The third-order valence-electron chi connectivity index (χ3n) is 3.73. The fraction of sp³-hybridized carbons (Fsp3) is 0.316. The highest BCUT2D eigenvalue weighted by molar-refractivity contribution is 5.67. The minimum absolute atomic E-state index is 0.0570. The topological polar surface area (TPSA) is 49.3 Å². The molecule has 2 atom stereocenters. The molecule has 2 rings (SSSR count). The van der Waals surface area contributed by atoms with E-state index < -0.39 is 5.97 Å². The maximum Gasteiger partial charge on any atom is 0.304 e. The van der Waals surface area contributed by atoms with Crippen LogP contribution in [0.15, 0.2) is 60.7 Å². The van der Waals surface area contributed by atoms with Crippen molar-refractivity contribution in [1.82, 2.24) is 5.32 Å². The van der Waals surface area contributed by atoms with Crippen molar-refractivity contribution < 1.29 is 9.90 Å². The highest BCUT2D eigenvalue weighted by Gasteiger charge is 2.16. The van der Waals surface area contributed by atoms with Gasteiger partial charge in [-0.25, -0.2) is 0 Å². The molecule has 0 heterocycles. The molecule has 0 aliphatic carbocycles. The second-order valence-corrected chi connectivity index (χ2v) is 5.65. The molecule has 0 spiro atoms. The molecule has 0 saturated heterocycles. The van der Waals surface area contributed by atoms with Crippen LogP contribution in [0.2, 0.25) is 0 Å². The van der Waals surface area contributed by atoms with Crippen molar-refractivity contribution in [2.24, 2.45) is 0 Å². The maximum atomic E-state index is 10.9. The predicted molar refractivity (Wildman–Crippen MR) is 88.8 cm³/mol. The summed E-state index contributed by atoms with van der Waals surface area (Å²) >= 11 is 0. The van der Waals surface area contributed by atoms with Gasteiger partial charge in [-0.2, -0.15) is 0 Å². The van der Waals surface area contributed by atoms with Crippen molar-refractivity contribution in [3.63, 3.8) is 0 Å². The Bertz CT molecular complexity index is 569. The lowest BCUT2D eigenvalue weighted by atomic mass is 9.98. The van der Waals surface area contributed by atoms with Gasteiger partial charge < -0.3 is 10.4 Å². The fourth-order valence-corrected chi connectivity index (χ4v) is 2.65. The zero-order chi connectivity index (χ0) is 15.8. The van der Waals surface area contributed by atoms with Gasteiger partial charge in [-0.1, -0.05) is 60.7 Å². The second kappa shape index (κ2) is 8.35. The van der Waals surface area contributed by atoms with Crippen molar-refractivity contribution in [1.29, 1.82) is 0 Å². The molecule has 0 saturated carbocycles. The van der Waals surface area contributed by atoms with E-state index in [9.17, 15) is 4.79 Å². The number of carbonyl (C=O) groups is 1. The number of carboxylic acid groups (broad SMARTS) is 1. The second-order valence-electron chi connectivity index (χ2n) is 5.65. The summed E-state index contributed by atoms with van der Waals surface area (Å²) in [6.07, 6.45) is 2.04. The van der Waals surface area contributed by atoms with Gasteiger partial charge in [0.25, 0.3) is 0 Å². The number of hydrogen-bond donors (Lipinski definition) is 2. The van der Waals surface area contributed by atoms with Crippen molar-refractivity contribution in [2.45, 2.75) is 38.3 Å². The third-order valence-corrected chi connectivity index (χ3v) is 3.73. The number of nitrogens with one attached hydrogen (secondary N) is 1. The van der Waals surface area contributed by atoms with Gasteiger partial charge in [0, 0.05) is 12.1 Å². The molecule has 0 aliphatic heterocycles. The number of aliphatic carboxylic acids is 1. The number of aryl methyl sites for hydroxylation is 1. The van der Waals surface area contributed by atoms with Gasteiger partial charge in [-0.15, -0.1) is 0 Å². The first-order valence-electron chi connectivity index (χ1n) is 7.72. The molecule has 0 unspecified atom stereocenters. The Labute approximate surface area is 132 Å². The van der Waals surface area contributed by atoms with Crippen LogP contribution in [0.1, 0.15) is 36.9 Å². The van der Waals surface area contributed by atoms with Crippen LogP contribution in [0.4, 0.5) is 0 Å². The summed E-state index contributed by atoms with van der Waals surface area (Å²) in [6, 6.07) is 20.7. The van der Waals surface area contributed by atoms with Crippen LogP contribution >= 0.6 is 0 Å². The Morgan fingerprint density at radius 3 is 2.23 bits per heavy atom.